The second-order valence-corrected chi connectivity index (χ2v) is 8.02. The molecule has 3 rings (SSSR count). The largest absolute Gasteiger partial charge is 0.340 e. The van der Waals surface area contributed by atoms with E-state index in [-0.39, 0.29) is 11.6 Å². The lowest BCUT2D eigenvalue weighted by atomic mass is 10.0. The highest BCUT2D eigenvalue weighted by Gasteiger charge is 2.24. The summed E-state index contributed by atoms with van der Waals surface area (Å²) in [4.78, 5) is 37.1. The molecule has 31 heavy (non-hydrogen) atoms. The highest BCUT2D eigenvalue weighted by Crippen LogP contribution is 2.13. The van der Waals surface area contributed by atoms with Gasteiger partial charge in [-0.15, -0.1) is 0 Å². The molecule has 1 heterocycles. The molecule has 0 aliphatic rings. The maximum Gasteiger partial charge on any atom is 0.328 e. The molecule has 0 radical (unpaired) electrons. The fourth-order valence-corrected chi connectivity index (χ4v) is 3.42. The number of fused-ring (bicyclic) bond motifs is 1. The number of halogens is 1. The molecule has 9 heteroatoms. The van der Waals surface area contributed by atoms with E-state index in [1.54, 1.807) is 47.5 Å². The Morgan fingerprint density at radius 1 is 1.06 bits per heavy atom. The third-order valence-corrected chi connectivity index (χ3v) is 5.24. The second kappa shape index (κ2) is 9.18. The Balaban J connectivity index is 1.70. The molecule has 162 valence electrons. The Hall–Kier alpha value is -3.39. The van der Waals surface area contributed by atoms with E-state index in [1.165, 1.54) is 12.3 Å². The molecule has 0 fully saturated rings. The van der Waals surface area contributed by atoms with Gasteiger partial charge in [0.15, 0.2) is 0 Å². The van der Waals surface area contributed by atoms with Crippen LogP contribution in [0.4, 0.5) is 0 Å². The molecule has 0 spiro atoms. The zero-order chi connectivity index (χ0) is 22.7. The van der Waals surface area contributed by atoms with Crippen molar-refractivity contribution in [1.29, 1.82) is 0 Å². The number of hydrogen-bond acceptors (Lipinski definition) is 4. The van der Waals surface area contributed by atoms with E-state index in [0.29, 0.717) is 10.6 Å². The second-order valence-electron chi connectivity index (χ2n) is 7.59. The van der Waals surface area contributed by atoms with Crippen molar-refractivity contribution in [1.82, 2.24) is 19.9 Å². The maximum atomic E-state index is 12.6. The fraction of sp³-hybridized carbons (Fsp3) is 0.273. The number of amides is 2. The number of aryl methyl sites for hydroxylation is 2. The molecule has 2 aromatic carbocycles. The SMILES string of the molecule is CC(C)C(NC(=O)c1cccc(Cl)c1)C(=O)N/N=C\c1ccc2c(c1)n(C)c(=O)n2C. The third kappa shape index (κ3) is 4.86. The molecule has 0 saturated heterocycles. The Morgan fingerprint density at radius 2 is 1.77 bits per heavy atom. The molecule has 1 aromatic heterocycles. The number of nitrogens with zero attached hydrogens (tertiary/aromatic N) is 3. The zero-order valence-corrected chi connectivity index (χ0v) is 18.5. The Morgan fingerprint density at radius 3 is 2.45 bits per heavy atom. The lowest BCUT2D eigenvalue weighted by molar-refractivity contribution is -0.123. The highest BCUT2D eigenvalue weighted by atomic mass is 35.5. The minimum absolute atomic E-state index is 0.118. The average molecular weight is 442 g/mol. The number of imidazole rings is 1. The van der Waals surface area contributed by atoms with Crippen molar-refractivity contribution in [3.8, 4) is 0 Å². The first kappa shape index (κ1) is 22.3. The van der Waals surface area contributed by atoms with Crippen LogP contribution in [0, 0.1) is 5.92 Å². The van der Waals surface area contributed by atoms with Crippen LogP contribution in [-0.4, -0.2) is 33.2 Å². The van der Waals surface area contributed by atoms with E-state index in [2.05, 4.69) is 15.8 Å². The summed E-state index contributed by atoms with van der Waals surface area (Å²) in [6.07, 6.45) is 1.49. The van der Waals surface area contributed by atoms with Crippen LogP contribution in [0.25, 0.3) is 11.0 Å². The van der Waals surface area contributed by atoms with Gasteiger partial charge in [-0.1, -0.05) is 37.6 Å². The number of benzene rings is 2. The molecule has 0 aliphatic heterocycles. The van der Waals surface area contributed by atoms with Crippen molar-refractivity contribution in [2.24, 2.45) is 25.1 Å². The van der Waals surface area contributed by atoms with Gasteiger partial charge in [0.2, 0.25) is 0 Å². The van der Waals surface area contributed by atoms with Crippen molar-refractivity contribution in [2.45, 2.75) is 19.9 Å². The monoisotopic (exact) mass is 441 g/mol. The van der Waals surface area contributed by atoms with Gasteiger partial charge in [-0.2, -0.15) is 5.10 Å². The number of hydrogen-bond donors (Lipinski definition) is 2. The number of carbonyl (C=O) groups excluding carboxylic acids is 2. The Bertz CT molecular complexity index is 1230. The lowest BCUT2D eigenvalue weighted by Crippen LogP contribution is -2.48. The minimum Gasteiger partial charge on any atom is -0.340 e. The molecule has 3 aromatic rings. The summed E-state index contributed by atoms with van der Waals surface area (Å²) in [5.41, 5.74) is 5.01. The van der Waals surface area contributed by atoms with Crippen molar-refractivity contribution in [3.05, 3.63) is 69.1 Å². The molecule has 2 amide bonds. The first-order valence-corrected chi connectivity index (χ1v) is 10.1. The van der Waals surface area contributed by atoms with Gasteiger partial charge < -0.3 is 5.32 Å². The molecule has 0 bridgehead atoms. The average Bonchev–Trinajstić information content (AvgIpc) is 2.95. The van der Waals surface area contributed by atoms with Crippen molar-refractivity contribution >= 4 is 40.7 Å². The van der Waals surface area contributed by atoms with Gasteiger partial charge in [-0.25, -0.2) is 10.2 Å². The zero-order valence-electron chi connectivity index (χ0n) is 17.7. The minimum atomic E-state index is -0.777. The predicted molar refractivity (Wildman–Crippen MR) is 121 cm³/mol. The van der Waals surface area contributed by atoms with Crippen LogP contribution in [0.3, 0.4) is 0 Å². The maximum absolute atomic E-state index is 12.6. The smallest absolute Gasteiger partial charge is 0.328 e. The number of rotatable bonds is 6. The first-order chi connectivity index (χ1) is 14.7. The van der Waals surface area contributed by atoms with E-state index in [0.717, 1.165) is 16.6 Å². The van der Waals surface area contributed by atoms with Crippen LogP contribution in [-0.2, 0) is 18.9 Å². The molecule has 2 N–H and O–H groups in total. The van der Waals surface area contributed by atoms with Crippen LogP contribution in [0.2, 0.25) is 5.02 Å². The molecular formula is C22H24ClN5O3. The predicted octanol–water partition coefficient (Wildman–Crippen LogP) is 2.44. The lowest BCUT2D eigenvalue weighted by Gasteiger charge is -2.20. The Labute approximate surface area is 184 Å². The summed E-state index contributed by atoms with van der Waals surface area (Å²) in [5, 5.41) is 7.18. The molecule has 0 saturated carbocycles. The van der Waals surface area contributed by atoms with Crippen LogP contribution in [0.15, 0.2) is 52.4 Å². The number of carbonyl (C=O) groups is 2. The molecular weight excluding hydrogens is 418 g/mol. The Kier molecular flexibility index (Phi) is 6.60. The van der Waals surface area contributed by atoms with Crippen molar-refractivity contribution in [3.63, 3.8) is 0 Å². The van der Waals surface area contributed by atoms with Gasteiger partial charge in [-0.05, 0) is 41.8 Å². The number of nitrogens with one attached hydrogen (secondary N) is 2. The van der Waals surface area contributed by atoms with E-state index in [4.69, 9.17) is 11.6 Å². The summed E-state index contributed by atoms with van der Waals surface area (Å²) in [6, 6.07) is 11.2. The standard InChI is InChI=1S/C22H24ClN5O3/c1-13(2)19(25-20(29)15-6-5-7-16(23)11-15)21(30)26-24-12-14-8-9-17-18(10-14)28(4)22(31)27(17)3/h5-13,19H,1-4H3,(H,25,29)(H,26,30)/b24-12-. The molecule has 1 unspecified atom stereocenters. The van der Waals surface area contributed by atoms with Crippen molar-refractivity contribution in [2.75, 3.05) is 0 Å². The number of aromatic nitrogens is 2. The van der Waals surface area contributed by atoms with Gasteiger partial charge in [0.25, 0.3) is 11.8 Å². The van der Waals surface area contributed by atoms with Crippen LogP contribution < -0.4 is 16.4 Å². The highest BCUT2D eigenvalue weighted by molar-refractivity contribution is 6.31. The summed E-state index contributed by atoms with van der Waals surface area (Å²) >= 11 is 5.93. The fourth-order valence-electron chi connectivity index (χ4n) is 3.23. The van der Waals surface area contributed by atoms with Gasteiger partial charge in [-0.3, -0.25) is 18.7 Å². The first-order valence-electron chi connectivity index (χ1n) is 9.74. The topological polar surface area (TPSA) is 97.5 Å². The van der Waals surface area contributed by atoms with Gasteiger partial charge in [0.05, 0.1) is 17.2 Å². The summed E-state index contributed by atoms with van der Waals surface area (Å²) < 4.78 is 3.11. The summed E-state index contributed by atoms with van der Waals surface area (Å²) in [5.74, 6) is -0.987. The van der Waals surface area contributed by atoms with Crippen LogP contribution in [0.5, 0.6) is 0 Å². The van der Waals surface area contributed by atoms with Gasteiger partial charge in [0.1, 0.15) is 6.04 Å². The van der Waals surface area contributed by atoms with Crippen molar-refractivity contribution < 1.29 is 9.59 Å². The molecule has 8 nitrogen and oxygen atoms in total. The van der Waals surface area contributed by atoms with E-state index in [1.807, 2.05) is 26.0 Å². The van der Waals surface area contributed by atoms with Gasteiger partial charge >= 0.3 is 5.69 Å². The summed E-state index contributed by atoms with van der Waals surface area (Å²) in [6.45, 7) is 3.66. The van der Waals surface area contributed by atoms with E-state index >= 15 is 0 Å². The van der Waals surface area contributed by atoms with E-state index in [9.17, 15) is 14.4 Å². The van der Waals surface area contributed by atoms with Crippen LogP contribution in [0.1, 0.15) is 29.8 Å². The normalized spacial score (nSPS) is 12.5. The quantitative estimate of drug-likeness (QED) is 0.454. The van der Waals surface area contributed by atoms with E-state index < -0.39 is 17.9 Å². The molecule has 0 aliphatic carbocycles. The third-order valence-electron chi connectivity index (χ3n) is 5.01. The number of hydrazone groups is 1. The summed E-state index contributed by atoms with van der Waals surface area (Å²) in [7, 11) is 3.41. The van der Waals surface area contributed by atoms with Gasteiger partial charge in [0, 0.05) is 24.7 Å². The van der Waals surface area contributed by atoms with Crippen LogP contribution >= 0.6 is 11.6 Å². The molecule has 1 atom stereocenters.